The number of anilines is 1. The van der Waals surface area contributed by atoms with Crippen LogP contribution in [-0.4, -0.2) is 38.3 Å². The number of carbonyl (C=O) groups is 3. The van der Waals surface area contributed by atoms with Crippen molar-refractivity contribution in [3.63, 3.8) is 0 Å². The van der Waals surface area contributed by atoms with Crippen molar-refractivity contribution in [1.29, 1.82) is 5.26 Å². The topological polar surface area (TPSA) is 130 Å². The zero-order valence-corrected chi connectivity index (χ0v) is 20.8. The number of hydrogen-bond donors (Lipinski definition) is 2. The summed E-state index contributed by atoms with van der Waals surface area (Å²) >= 11 is 1.03. The van der Waals surface area contributed by atoms with E-state index >= 15 is 0 Å². The number of aryl methyl sites for hydroxylation is 1. The lowest BCUT2D eigenvalue weighted by molar-refractivity contribution is -0.147. The number of ketones is 1. The maximum Gasteiger partial charge on any atom is 0.294 e. The molecule has 3 heterocycles. The molecule has 190 valence electrons. The molecule has 0 radical (unpaired) electrons. The lowest BCUT2D eigenvalue weighted by atomic mass is 9.73. The van der Waals surface area contributed by atoms with E-state index in [1.165, 1.54) is 5.51 Å². The van der Waals surface area contributed by atoms with E-state index in [1.54, 1.807) is 36.6 Å². The van der Waals surface area contributed by atoms with Crippen molar-refractivity contribution in [3.8, 4) is 6.07 Å². The van der Waals surface area contributed by atoms with Gasteiger partial charge >= 0.3 is 0 Å². The Balaban J connectivity index is 1.43. The van der Waals surface area contributed by atoms with Crippen LogP contribution in [0.2, 0.25) is 0 Å². The Labute approximate surface area is 214 Å². The summed E-state index contributed by atoms with van der Waals surface area (Å²) in [6.07, 6.45) is -0.124. The van der Waals surface area contributed by atoms with E-state index in [9.17, 15) is 28.4 Å². The van der Waals surface area contributed by atoms with Crippen LogP contribution in [0.15, 0.2) is 23.7 Å². The van der Waals surface area contributed by atoms with Crippen LogP contribution in [0.25, 0.3) is 0 Å². The molecule has 2 amide bonds. The van der Waals surface area contributed by atoms with Gasteiger partial charge in [0, 0.05) is 30.8 Å². The largest absolute Gasteiger partial charge is 0.341 e. The highest BCUT2D eigenvalue weighted by Crippen LogP contribution is 2.52. The third-order valence-electron chi connectivity index (χ3n) is 6.92. The maximum absolute atomic E-state index is 13.8. The van der Waals surface area contributed by atoms with Gasteiger partial charge in [0.05, 0.1) is 22.9 Å². The molecular weight excluding hydrogens is 502 g/mol. The second-order valence-electron chi connectivity index (χ2n) is 9.46. The summed E-state index contributed by atoms with van der Waals surface area (Å²) in [4.78, 5) is 39.7. The normalized spacial score (nSPS) is 16.8. The first kappa shape index (κ1) is 24.7. The van der Waals surface area contributed by atoms with Gasteiger partial charge in [-0.3, -0.25) is 14.4 Å². The van der Waals surface area contributed by atoms with E-state index in [-0.39, 0.29) is 10.7 Å². The number of halogens is 2. The molecule has 1 fully saturated rings. The van der Waals surface area contributed by atoms with Crippen LogP contribution in [0.5, 0.6) is 0 Å². The number of amides is 2. The summed E-state index contributed by atoms with van der Waals surface area (Å²) in [7, 11) is 0. The molecule has 9 nitrogen and oxygen atoms in total. The van der Waals surface area contributed by atoms with E-state index in [2.05, 4.69) is 26.9 Å². The number of aromatic nitrogens is 3. The minimum Gasteiger partial charge on any atom is -0.341 e. The maximum atomic E-state index is 13.8. The molecule has 2 N–H and O–H groups in total. The number of nitrogens with one attached hydrogen (secondary N) is 2. The van der Waals surface area contributed by atoms with Gasteiger partial charge in [0.2, 0.25) is 0 Å². The van der Waals surface area contributed by atoms with Crippen LogP contribution in [0, 0.1) is 25.2 Å². The highest BCUT2D eigenvalue weighted by atomic mass is 32.1. The minimum absolute atomic E-state index is 0.0651. The summed E-state index contributed by atoms with van der Waals surface area (Å²) in [5.74, 6) is -5.38. The van der Waals surface area contributed by atoms with Gasteiger partial charge in [-0.05, 0) is 49.9 Å². The van der Waals surface area contributed by atoms with Gasteiger partial charge < -0.3 is 15.2 Å². The van der Waals surface area contributed by atoms with Gasteiger partial charge in [-0.2, -0.15) is 5.26 Å². The summed E-state index contributed by atoms with van der Waals surface area (Å²) in [6.45, 7) is 3.83. The number of hydrogen-bond acceptors (Lipinski definition) is 7. The van der Waals surface area contributed by atoms with Crippen molar-refractivity contribution >= 4 is 34.6 Å². The Bertz CT molecular complexity index is 1480. The molecule has 0 bridgehead atoms. The van der Waals surface area contributed by atoms with Crippen LogP contribution in [-0.2, 0) is 23.3 Å². The average Bonchev–Trinajstić information content (AvgIpc) is 3.56. The predicted molar refractivity (Wildman–Crippen MR) is 130 cm³/mol. The predicted octanol–water partition coefficient (Wildman–Crippen LogP) is 3.65. The number of alkyl halides is 2. The molecule has 0 spiro atoms. The van der Waals surface area contributed by atoms with Gasteiger partial charge in [0.15, 0.2) is 0 Å². The molecule has 5 rings (SSSR count). The van der Waals surface area contributed by atoms with E-state index in [0.29, 0.717) is 47.5 Å². The van der Waals surface area contributed by atoms with Crippen LogP contribution in [0.3, 0.4) is 0 Å². The SMILES string of the molecule is Cc1ccc(NC(=O)c2c(C)c(C(=O)C(=O)NC3(c4nncs4)CC(F)(F)C3)n3c2CCC3)cc1C#N. The van der Waals surface area contributed by atoms with Gasteiger partial charge in [0.25, 0.3) is 23.5 Å². The molecule has 0 saturated heterocycles. The van der Waals surface area contributed by atoms with Crippen molar-refractivity contribution in [1.82, 2.24) is 20.1 Å². The van der Waals surface area contributed by atoms with Gasteiger partial charge in [0.1, 0.15) is 16.1 Å². The molecule has 12 heteroatoms. The summed E-state index contributed by atoms with van der Waals surface area (Å²) < 4.78 is 29.3. The first-order valence-corrected chi connectivity index (χ1v) is 12.5. The number of fused-ring (bicyclic) bond motifs is 1. The standard InChI is InChI=1S/C25H22F2N6O3S/c1-13-5-6-16(8-15(13)9-28)30-21(35)18-14(2)19(33-7-3-4-17(18)33)20(34)22(36)31-24(10-25(26,27)11-24)23-32-29-12-37-23/h5-6,8,12H,3-4,7,10-11H2,1-2H3,(H,30,35)(H,31,36). The number of carbonyl (C=O) groups excluding carboxylic acids is 3. The first-order valence-electron chi connectivity index (χ1n) is 11.6. The fraction of sp³-hybridized carbons (Fsp3) is 0.360. The minimum atomic E-state index is -2.99. The molecule has 2 aromatic heterocycles. The number of Topliss-reactive ketones (excluding diaryl/α,β-unsaturated/α-hetero) is 1. The lowest BCUT2D eigenvalue weighted by Gasteiger charge is -2.45. The van der Waals surface area contributed by atoms with Gasteiger partial charge in [-0.1, -0.05) is 6.07 Å². The van der Waals surface area contributed by atoms with Crippen LogP contribution in [0.1, 0.15) is 67.5 Å². The van der Waals surface area contributed by atoms with Crippen molar-refractivity contribution in [2.45, 2.75) is 57.5 Å². The number of nitrogens with zero attached hydrogens (tertiary/aromatic N) is 4. The van der Waals surface area contributed by atoms with Crippen LogP contribution < -0.4 is 10.6 Å². The molecule has 0 unspecified atom stereocenters. The zero-order valence-electron chi connectivity index (χ0n) is 20.0. The quantitative estimate of drug-likeness (QED) is 0.374. The van der Waals surface area contributed by atoms with Crippen molar-refractivity contribution in [3.05, 3.63) is 62.4 Å². The zero-order chi connectivity index (χ0) is 26.5. The Morgan fingerprint density at radius 3 is 2.62 bits per heavy atom. The van der Waals surface area contributed by atoms with Crippen LogP contribution >= 0.6 is 11.3 Å². The number of benzene rings is 1. The van der Waals surface area contributed by atoms with E-state index in [0.717, 1.165) is 16.9 Å². The molecule has 1 saturated carbocycles. The second-order valence-corrected chi connectivity index (χ2v) is 10.3. The lowest BCUT2D eigenvalue weighted by Crippen LogP contribution is -2.61. The fourth-order valence-electron chi connectivity index (χ4n) is 5.21. The Morgan fingerprint density at radius 1 is 1.22 bits per heavy atom. The summed E-state index contributed by atoms with van der Waals surface area (Å²) in [5, 5.41) is 22.3. The first-order chi connectivity index (χ1) is 17.5. The highest BCUT2D eigenvalue weighted by Gasteiger charge is 2.60. The average molecular weight is 525 g/mol. The third-order valence-corrected chi connectivity index (χ3v) is 7.81. The van der Waals surface area contributed by atoms with E-state index in [1.807, 2.05) is 0 Å². The Hall–Kier alpha value is -3.98. The summed E-state index contributed by atoms with van der Waals surface area (Å²) in [5.41, 5.74) is 2.87. The Kier molecular flexibility index (Phi) is 5.91. The molecule has 1 aromatic carbocycles. The molecule has 2 aliphatic rings. The smallest absolute Gasteiger partial charge is 0.294 e. The van der Waals surface area contributed by atoms with Gasteiger partial charge in [-0.15, -0.1) is 21.5 Å². The van der Waals surface area contributed by atoms with Crippen molar-refractivity contribution in [2.24, 2.45) is 0 Å². The Morgan fingerprint density at radius 2 is 1.97 bits per heavy atom. The molecule has 1 aliphatic heterocycles. The monoisotopic (exact) mass is 524 g/mol. The summed E-state index contributed by atoms with van der Waals surface area (Å²) in [6, 6.07) is 7.05. The van der Waals surface area contributed by atoms with Crippen molar-refractivity contribution in [2.75, 3.05) is 5.32 Å². The molecule has 37 heavy (non-hydrogen) atoms. The van der Waals surface area contributed by atoms with Gasteiger partial charge in [-0.25, -0.2) is 8.78 Å². The third kappa shape index (κ3) is 4.19. The van der Waals surface area contributed by atoms with E-state index in [4.69, 9.17) is 0 Å². The van der Waals surface area contributed by atoms with Crippen LogP contribution in [0.4, 0.5) is 14.5 Å². The number of nitriles is 1. The molecular formula is C25H22F2N6O3S. The highest BCUT2D eigenvalue weighted by molar-refractivity contribution is 7.09. The molecule has 3 aromatic rings. The molecule has 0 atom stereocenters. The number of rotatable bonds is 6. The fourth-order valence-corrected chi connectivity index (χ4v) is 5.92. The second kappa shape index (κ2) is 8.85. The van der Waals surface area contributed by atoms with E-state index < -0.39 is 41.9 Å². The molecule has 1 aliphatic carbocycles. The van der Waals surface area contributed by atoms with Crippen molar-refractivity contribution < 1.29 is 23.2 Å².